The second-order valence-electron chi connectivity index (χ2n) is 1.84. The normalized spacial score (nSPS) is 13.9. The molecule has 1 unspecified atom stereocenters. The lowest BCUT2D eigenvalue weighted by molar-refractivity contribution is 0.714. The molecule has 1 atom stereocenters. The van der Waals surface area contributed by atoms with E-state index in [0.29, 0.717) is 5.38 Å². The Morgan fingerprint density at radius 3 is 2.50 bits per heavy atom. The monoisotopic (exact) mass is 154 g/mol. The maximum absolute atomic E-state index is 5.79. The van der Waals surface area contributed by atoms with Gasteiger partial charge in [-0.05, 0) is 19.3 Å². The van der Waals surface area contributed by atoms with Gasteiger partial charge in [-0.25, -0.2) is 0 Å². The van der Waals surface area contributed by atoms with Crippen molar-refractivity contribution in [2.24, 2.45) is 0 Å². The van der Waals surface area contributed by atoms with Gasteiger partial charge in [0.25, 0.3) is 0 Å². The molecule has 0 aromatic rings. The molecule has 0 N–H and O–H groups in total. The van der Waals surface area contributed by atoms with E-state index in [2.05, 4.69) is 6.92 Å². The van der Waals surface area contributed by atoms with Crippen molar-refractivity contribution in [3.63, 3.8) is 0 Å². The number of halogens is 2. The molecule has 8 heavy (non-hydrogen) atoms. The number of alkyl halides is 2. The maximum atomic E-state index is 5.79. The van der Waals surface area contributed by atoms with Gasteiger partial charge >= 0.3 is 0 Å². The maximum Gasteiger partial charge on any atom is 0.0333 e. The lowest BCUT2D eigenvalue weighted by Crippen LogP contribution is -1.94. The summed E-state index contributed by atoms with van der Waals surface area (Å²) < 4.78 is 0. The van der Waals surface area contributed by atoms with Gasteiger partial charge in [0.2, 0.25) is 0 Å². The second kappa shape index (κ2) is 5.71. The zero-order valence-electron chi connectivity index (χ0n) is 5.16. The third-order valence-electron chi connectivity index (χ3n) is 1.09. The summed E-state index contributed by atoms with van der Waals surface area (Å²) in [6.07, 6.45) is 3.16. The van der Waals surface area contributed by atoms with Gasteiger partial charge < -0.3 is 0 Å². The summed E-state index contributed by atoms with van der Waals surface area (Å²) in [6.45, 7) is 2.09. The Balaban J connectivity index is 2.86. The quantitative estimate of drug-likeness (QED) is 0.547. The van der Waals surface area contributed by atoms with Gasteiger partial charge in [-0.2, -0.15) is 0 Å². The number of hydrogen-bond acceptors (Lipinski definition) is 0. The highest BCUT2D eigenvalue weighted by molar-refractivity contribution is 6.20. The van der Waals surface area contributed by atoms with Crippen LogP contribution in [0.4, 0.5) is 0 Å². The van der Waals surface area contributed by atoms with E-state index in [1.54, 1.807) is 0 Å². The molecule has 0 aromatic carbocycles. The Labute approximate surface area is 61.2 Å². The van der Waals surface area contributed by atoms with Gasteiger partial charge in [0, 0.05) is 11.3 Å². The Kier molecular flexibility index (Phi) is 6.13. The minimum Gasteiger partial charge on any atom is -0.127 e. The van der Waals surface area contributed by atoms with E-state index in [-0.39, 0.29) is 0 Å². The minimum atomic E-state index is 0.341. The third-order valence-corrected chi connectivity index (χ3v) is 1.89. The molecule has 0 rings (SSSR count). The van der Waals surface area contributed by atoms with E-state index in [1.807, 2.05) is 0 Å². The lowest BCUT2D eigenvalue weighted by atomic mass is 10.2. The van der Waals surface area contributed by atoms with E-state index >= 15 is 0 Å². The first-order valence-corrected chi connectivity index (χ1v) is 3.98. The van der Waals surface area contributed by atoms with Gasteiger partial charge in [-0.1, -0.05) is 6.92 Å². The van der Waals surface area contributed by atoms with Crippen LogP contribution in [0.25, 0.3) is 0 Å². The predicted octanol–water partition coefficient (Wildman–Crippen LogP) is 3.02. The molecule has 0 aliphatic heterocycles. The first-order valence-electron chi connectivity index (χ1n) is 3.01. The smallest absolute Gasteiger partial charge is 0.0333 e. The summed E-state index contributed by atoms with van der Waals surface area (Å²) in [5, 5.41) is 0.341. The second-order valence-corrected chi connectivity index (χ2v) is 2.83. The first-order chi connectivity index (χ1) is 3.81. The molecule has 0 spiro atoms. The summed E-state index contributed by atoms with van der Waals surface area (Å²) in [5.74, 6) is 0.739. The van der Waals surface area contributed by atoms with Gasteiger partial charge in [-0.15, -0.1) is 23.2 Å². The molecule has 0 aromatic heterocycles. The van der Waals surface area contributed by atoms with E-state index in [9.17, 15) is 0 Å². The van der Waals surface area contributed by atoms with Gasteiger partial charge in [0.1, 0.15) is 0 Å². The van der Waals surface area contributed by atoms with Crippen molar-refractivity contribution in [2.75, 3.05) is 5.88 Å². The van der Waals surface area contributed by atoms with Crippen molar-refractivity contribution in [1.29, 1.82) is 0 Å². The van der Waals surface area contributed by atoms with Crippen LogP contribution in [0.15, 0.2) is 0 Å². The van der Waals surface area contributed by atoms with Crippen LogP contribution >= 0.6 is 23.2 Å². The van der Waals surface area contributed by atoms with Crippen LogP contribution in [0.1, 0.15) is 26.2 Å². The average molecular weight is 155 g/mol. The number of rotatable bonds is 4. The molecule has 0 radical (unpaired) electrons. The van der Waals surface area contributed by atoms with Crippen LogP contribution in [-0.4, -0.2) is 11.3 Å². The fourth-order valence-electron chi connectivity index (χ4n) is 0.503. The largest absolute Gasteiger partial charge is 0.127 e. The van der Waals surface area contributed by atoms with Crippen LogP contribution < -0.4 is 0 Å². The van der Waals surface area contributed by atoms with Crippen LogP contribution in [0.3, 0.4) is 0 Å². The summed E-state index contributed by atoms with van der Waals surface area (Å²) in [5.41, 5.74) is 0. The first kappa shape index (κ1) is 8.58. The van der Waals surface area contributed by atoms with Crippen LogP contribution in [0.5, 0.6) is 0 Å². The van der Waals surface area contributed by atoms with Crippen molar-refractivity contribution in [1.82, 2.24) is 0 Å². The Bertz CT molecular complexity index is 45.8. The standard InChI is InChI=1S/C6H12Cl2/c1-2-6(8)4-3-5-7/h6H,2-5H2,1H3. The zero-order chi connectivity index (χ0) is 6.41. The molecule has 0 fully saturated rings. The molecule has 2 heteroatoms. The SMILES string of the molecule is CCC(Cl)CCCCl. The number of hydrogen-bond donors (Lipinski definition) is 0. The van der Waals surface area contributed by atoms with E-state index in [1.165, 1.54) is 0 Å². The highest BCUT2D eigenvalue weighted by Gasteiger charge is 1.97. The Morgan fingerprint density at radius 2 is 2.12 bits per heavy atom. The molecule has 0 heterocycles. The third kappa shape index (κ3) is 4.73. The zero-order valence-corrected chi connectivity index (χ0v) is 6.67. The summed E-state index contributed by atoms with van der Waals surface area (Å²) >= 11 is 11.2. The minimum absolute atomic E-state index is 0.341. The van der Waals surface area contributed by atoms with Crippen LogP contribution in [0, 0.1) is 0 Å². The Hall–Kier alpha value is 0.580. The summed E-state index contributed by atoms with van der Waals surface area (Å²) in [6, 6.07) is 0. The molecular weight excluding hydrogens is 143 g/mol. The lowest BCUT2D eigenvalue weighted by Gasteiger charge is -2.01. The molecule has 0 aliphatic carbocycles. The molecule has 0 aliphatic rings. The van der Waals surface area contributed by atoms with Crippen molar-refractivity contribution in [3.05, 3.63) is 0 Å². The topological polar surface area (TPSA) is 0 Å². The molecule has 50 valence electrons. The fraction of sp³-hybridized carbons (Fsp3) is 1.00. The Morgan fingerprint density at radius 1 is 1.50 bits per heavy atom. The summed E-state index contributed by atoms with van der Waals surface area (Å²) in [7, 11) is 0. The van der Waals surface area contributed by atoms with Gasteiger partial charge in [0.05, 0.1) is 0 Å². The molecular formula is C6H12Cl2. The van der Waals surface area contributed by atoms with Crippen molar-refractivity contribution in [3.8, 4) is 0 Å². The van der Waals surface area contributed by atoms with Crippen molar-refractivity contribution >= 4 is 23.2 Å². The highest BCUT2D eigenvalue weighted by atomic mass is 35.5. The van der Waals surface area contributed by atoms with Crippen molar-refractivity contribution < 1.29 is 0 Å². The molecule has 0 nitrogen and oxygen atoms in total. The summed E-state index contributed by atoms with van der Waals surface area (Å²) in [4.78, 5) is 0. The van der Waals surface area contributed by atoms with E-state index in [0.717, 1.165) is 25.1 Å². The van der Waals surface area contributed by atoms with Gasteiger partial charge in [0.15, 0.2) is 0 Å². The van der Waals surface area contributed by atoms with E-state index in [4.69, 9.17) is 23.2 Å². The van der Waals surface area contributed by atoms with Gasteiger partial charge in [-0.3, -0.25) is 0 Å². The van der Waals surface area contributed by atoms with Crippen molar-refractivity contribution in [2.45, 2.75) is 31.6 Å². The fourth-order valence-corrected chi connectivity index (χ4v) is 0.811. The van der Waals surface area contributed by atoms with E-state index < -0.39 is 0 Å². The average Bonchev–Trinajstić information content (AvgIpc) is 1.83. The predicted molar refractivity (Wildman–Crippen MR) is 39.9 cm³/mol. The van der Waals surface area contributed by atoms with Crippen LogP contribution in [0.2, 0.25) is 0 Å². The molecule has 0 saturated carbocycles. The molecule has 0 amide bonds. The molecule has 0 bridgehead atoms. The molecule has 0 saturated heterocycles. The highest BCUT2D eigenvalue weighted by Crippen LogP contribution is 2.08. The van der Waals surface area contributed by atoms with Crippen LogP contribution in [-0.2, 0) is 0 Å².